The van der Waals surface area contributed by atoms with Crippen LogP contribution in [-0.2, 0) is 20.8 Å². The van der Waals surface area contributed by atoms with E-state index in [4.69, 9.17) is 15.2 Å². The molecule has 0 aromatic heterocycles. The van der Waals surface area contributed by atoms with Crippen molar-refractivity contribution in [2.75, 3.05) is 32.1 Å². The molecule has 0 saturated carbocycles. The summed E-state index contributed by atoms with van der Waals surface area (Å²) < 4.78 is 10.7. The molecule has 1 aliphatic rings. The fraction of sp³-hybridized carbons (Fsp3) is 0.500. The van der Waals surface area contributed by atoms with Crippen molar-refractivity contribution >= 4 is 11.6 Å². The lowest BCUT2D eigenvalue weighted by Gasteiger charge is -2.29. The van der Waals surface area contributed by atoms with Gasteiger partial charge in [0.25, 0.3) is 5.91 Å². The second-order valence-electron chi connectivity index (χ2n) is 4.49. The maximum atomic E-state index is 12.3. The molecule has 5 nitrogen and oxygen atoms in total. The molecule has 1 aliphatic heterocycles. The molecular formula is C14H20N2O3. The minimum absolute atomic E-state index is 0.0366. The molecule has 1 heterocycles. The third kappa shape index (κ3) is 3.45. The van der Waals surface area contributed by atoms with E-state index in [1.165, 1.54) is 0 Å². The van der Waals surface area contributed by atoms with Gasteiger partial charge in [-0.2, -0.15) is 0 Å². The van der Waals surface area contributed by atoms with E-state index < -0.39 is 6.10 Å². The van der Waals surface area contributed by atoms with Crippen LogP contribution in [0.3, 0.4) is 0 Å². The average Bonchev–Trinajstić information content (AvgIpc) is 2.47. The summed E-state index contributed by atoms with van der Waals surface area (Å²) in [6, 6.07) is 7.58. The lowest BCUT2D eigenvalue weighted by atomic mass is 10.1. The standard InChI is InChI=1S/C14H20N2O3/c1-2-16(9-11-5-3-4-6-12(11)15)14(17)13-10-18-7-8-19-13/h3-6,13H,2,7-10,15H2,1H3. The molecule has 1 amide bonds. The van der Waals surface area contributed by atoms with Crippen molar-refractivity contribution in [1.29, 1.82) is 0 Å². The number of nitrogens with zero attached hydrogens (tertiary/aromatic N) is 1. The van der Waals surface area contributed by atoms with E-state index in [1.54, 1.807) is 4.90 Å². The monoisotopic (exact) mass is 264 g/mol. The molecule has 1 aromatic rings. The Morgan fingerprint density at radius 3 is 2.84 bits per heavy atom. The summed E-state index contributed by atoms with van der Waals surface area (Å²) in [5.41, 5.74) is 7.56. The van der Waals surface area contributed by atoms with Gasteiger partial charge < -0.3 is 20.1 Å². The smallest absolute Gasteiger partial charge is 0.254 e. The second kappa shape index (κ2) is 6.54. The topological polar surface area (TPSA) is 64.8 Å². The first-order valence-electron chi connectivity index (χ1n) is 6.54. The Hall–Kier alpha value is -1.59. The van der Waals surface area contributed by atoms with Crippen LogP contribution in [0.25, 0.3) is 0 Å². The zero-order valence-corrected chi connectivity index (χ0v) is 11.2. The third-order valence-corrected chi connectivity index (χ3v) is 3.20. The highest BCUT2D eigenvalue weighted by Crippen LogP contribution is 2.15. The molecule has 0 spiro atoms. The number of nitrogen functional groups attached to an aromatic ring is 1. The molecule has 0 radical (unpaired) electrons. The van der Waals surface area contributed by atoms with Crippen LogP contribution < -0.4 is 5.73 Å². The van der Waals surface area contributed by atoms with Crippen molar-refractivity contribution in [3.8, 4) is 0 Å². The van der Waals surface area contributed by atoms with E-state index in [2.05, 4.69) is 0 Å². The minimum atomic E-state index is -0.487. The molecule has 0 bridgehead atoms. The molecule has 19 heavy (non-hydrogen) atoms. The Balaban J connectivity index is 2.03. The predicted molar refractivity (Wildman–Crippen MR) is 72.5 cm³/mol. The number of carbonyl (C=O) groups is 1. The highest BCUT2D eigenvalue weighted by molar-refractivity contribution is 5.81. The van der Waals surface area contributed by atoms with Crippen LogP contribution in [0.4, 0.5) is 5.69 Å². The maximum absolute atomic E-state index is 12.3. The second-order valence-corrected chi connectivity index (χ2v) is 4.49. The van der Waals surface area contributed by atoms with Crippen molar-refractivity contribution < 1.29 is 14.3 Å². The van der Waals surface area contributed by atoms with Gasteiger partial charge in [-0.1, -0.05) is 18.2 Å². The van der Waals surface area contributed by atoms with Crippen molar-refractivity contribution in [3.63, 3.8) is 0 Å². The third-order valence-electron chi connectivity index (χ3n) is 3.20. The lowest BCUT2D eigenvalue weighted by Crippen LogP contribution is -2.45. The molecule has 2 N–H and O–H groups in total. The lowest BCUT2D eigenvalue weighted by molar-refractivity contribution is -0.158. The maximum Gasteiger partial charge on any atom is 0.254 e. The van der Waals surface area contributed by atoms with Crippen LogP contribution in [0.5, 0.6) is 0 Å². The van der Waals surface area contributed by atoms with Gasteiger partial charge in [-0.05, 0) is 18.6 Å². The number of para-hydroxylation sites is 1. The number of benzene rings is 1. The van der Waals surface area contributed by atoms with Gasteiger partial charge in [0.2, 0.25) is 0 Å². The minimum Gasteiger partial charge on any atom is -0.398 e. The fourth-order valence-corrected chi connectivity index (χ4v) is 2.06. The summed E-state index contributed by atoms with van der Waals surface area (Å²) in [5, 5.41) is 0. The number of rotatable bonds is 4. The van der Waals surface area contributed by atoms with Gasteiger partial charge in [0.05, 0.1) is 19.8 Å². The predicted octanol–water partition coefficient (Wildman–Crippen LogP) is 1.03. The Labute approximate surface area is 113 Å². The summed E-state index contributed by atoms with van der Waals surface area (Å²) >= 11 is 0. The van der Waals surface area contributed by atoms with Crippen LogP contribution >= 0.6 is 0 Å². The van der Waals surface area contributed by atoms with E-state index >= 15 is 0 Å². The summed E-state index contributed by atoms with van der Waals surface area (Å²) in [4.78, 5) is 14.1. The Kier molecular flexibility index (Phi) is 4.76. The van der Waals surface area contributed by atoms with Gasteiger partial charge in [0.1, 0.15) is 0 Å². The highest BCUT2D eigenvalue weighted by Gasteiger charge is 2.27. The van der Waals surface area contributed by atoms with Gasteiger partial charge in [-0.15, -0.1) is 0 Å². The van der Waals surface area contributed by atoms with Crippen LogP contribution in [0.2, 0.25) is 0 Å². The summed E-state index contributed by atoms with van der Waals surface area (Å²) in [6.07, 6.45) is -0.487. The van der Waals surface area contributed by atoms with E-state index in [0.717, 1.165) is 5.56 Å². The van der Waals surface area contributed by atoms with Gasteiger partial charge in [0.15, 0.2) is 6.10 Å². The van der Waals surface area contributed by atoms with Crippen LogP contribution in [0.15, 0.2) is 24.3 Å². The number of anilines is 1. The molecule has 1 fully saturated rings. The summed E-state index contributed by atoms with van der Waals surface area (Å²) in [6.45, 7) is 4.43. The molecule has 104 valence electrons. The molecule has 0 aliphatic carbocycles. The molecule has 2 rings (SSSR count). The SMILES string of the molecule is CCN(Cc1ccccc1N)C(=O)C1COCCO1. The average molecular weight is 264 g/mol. The van der Waals surface area contributed by atoms with E-state index in [-0.39, 0.29) is 5.91 Å². The first-order valence-corrected chi connectivity index (χ1v) is 6.54. The van der Waals surface area contributed by atoms with Crippen LogP contribution in [0, 0.1) is 0 Å². The van der Waals surface area contributed by atoms with E-state index in [1.807, 2.05) is 31.2 Å². The number of hydrogen-bond acceptors (Lipinski definition) is 4. The quantitative estimate of drug-likeness (QED) is 0.825. The first-order chi connectivity index (χ1) is 9.22. The Morgan fingerprint density at radius 2 is 2.21 bits per heavy atom. The molecule has 1 atom stereocenters. The number of ether oxygens (including phenoxy) is 2. The number of hydrogen-bond donors (Lipinski definition) is 1. The number of amides is 1. The molecule has 1 saturated heterocycles. The van der Waals surface area contributed by atoms with E-state index in [0.29, 0.717) is 38.6 Å². The zero-order chi connectivity index (χ0) is 13.7. The van der Waals surface area contributed by atoms with Gasteiger partial charge in [0, 0.05) is 18.8 Å². The summed E-state index contributed by atoms with van der Waals surface area (Å²) in [5.74, 6) is -0.0366. The number of nitrogens with two attached hydrogens (primary N) is 1. The van der Waals surface area contributed by atoms with Crippen molar-refractivity contribution in [1.82, 2.24) is 4.90 Å². The normalized spacial score (nSPS) is 19.1. The van der Waals surface area contributed by atoms with Crippen LogP contribution in [0.1, 0.15) is 12.5 Å². The van der Waals surface area contributed by atoms with Crippen molar-refractivity contribution in [2.45, 2.75) is 19.6 Å². The van der Waals surface area contributed by atoms with Crippen molar-refractivity contribution in [2.24, 2.45) is 0 Å². The fourth-order valence-electron chi connectivity index (χ4n) is 2.06. The van der Waals surface area contributed by atoms with Crippen LogP contribution in [-0.4, -0.2) is 43.3 Å². The Morgan fingerprint density at radius 1 is 1.42 bits per heavy atom. The van der Waals surface area contributed by atoms with Gasteiger partial charge in [-0.3, -0.25) is 4.79 Å². The molecule has 5 heteroatoms. The summed E-state index contributed by atoms with van der Waals surface area (Å²) in [7, 11) is 0. The molecular weight excluding hydrogens is 244 g/mol. The highest BCUT2D eigenvalue weighted by atomic mass is 16.6. The molecule has 1 unspecified atom stereocenters. The Bertz CT molecular complexity index is 430. The van der Waals surface area contributed by atoms with Gasteiger partial charge in [-0.25, -0.2) is 0 Å². The molecule has 1 aromatic carbocycles. The number of likely N-dealkylation sites (N-methyl/N-ethyl adjacent to an activating group) is 1. The van der Waals surface area contributed by atoms with Crippen molar-refractivity contribution in [3.05, 3.63) is 29.8 Å². The van der Waals surface area contributed by atoms with E-state index in [9.17, 15) is 4.79 Å². The largest absolute Gasteiger partial charge is 0.398 e. The van der Waals surface area contributed by atoms with Gasteiger partial charge >= 0.3 is 0 Å². The zero-order valence-electron chi connectivity index (χ0n) is 11.2. The first kappa shape index (κ1) is 13.8. The number of carbonyl (C=O) groups excluding carboxylic acids is 1.